The number of carbonyl (C=O) groups is 2. The topological polar surface area (TPSA) is 61.9 Å². The molecule has 1 N–H and O–H groups in total. The van der Waals surface area contributed by atoms with Gasteiger partial charge in [-0.15, -0.1) is 0 Å². The summed E-state index contributed by atoms with van der Waals surface area (Å²) in [5.41, 5.74) is 2.96. The van der Waals surface area contributed by atoms with Crippen molar-refractivity contribution >= 4 is 23.2 Å². The SMILES string of the molecule is COc1ccc(C2CCCCCN2CCC(=O)Nc2ccc(N3CCCC3=O)cc2)cc1. The number of nitrogens with one attached hydrogen (secondary N) is 1. The summed E-state index contributed by atoms with van der Waals surface area (Å²) in [4.78, 5) is 28.8. The zero-order valence-electron chi connectivity index (χ0n) is 18.9. The first-order valence-electron chi connectivity index (χ1n) is 11.7. The average molecular weight is 436 g/mol. The highest BCUT2D eigenvalue weighted by molar-refractivity contribution is 5.96. The maximum atomic E-state index is 12.6. The largest absolute Gasteiger partial charge is 0.497 e. The van der Waals surface area contributed by atoms with Gasteiger partial charge in [0, 0.05) is 43.3 Å². The fourth-order valence-corrected chi connectivity index (χ4v) is 4.75. The molecule has 4 rings (SSSR count). The van der Waals surface area contributed by atoms with E-state index in [1.807, 2.05) is 41.3 Å². The molecule has 2 aromatic rings. The number of anilines is 2. The van der Waals surface area contributed by atoms with Crippen molar-refractivity contribution in [3.05, 3.63) is 54.1 Å². The van der Waals surface area contributed by atoms with Gasteiger partial charge in [0.25, 0.3) is 0 Å². The number of carbonyl (C=O) groups excluding carboxylic acids is 2. The van der Waals surface area contributed by atoms with Gasteiger partial charge < -0.3 is 15.0 Å². The number of hydrogen-bond acceptors (Lipinski definition) is 4. The van der Waals surface area contributed by atoms with Gasteiger partial charge >= 0.3 is 0 Å². The van der Waals surface area contributed by atoms with Crippen molar-refractivity contribution < 1.29 is 14.3 Å². The second-order valence-electron chi connectivity index (χ2n) is 8.67. The summed E-state index contributed by atoms with van der Waals surface area (Å²) in [6.07, 6.45) is 6.72. The molecular formula is C26H33N3O3. The fraction of sp³-hybridized carbons (Fsp3) is 0.462. The molecule has 6 nitrogen and oxygen atoms in total. The molecule has 0 aromatic heterocycles. The smallest absolute Gasteiger partial charge is 0.227 e. The third-order valence-corrected chi connectivity index (χ3v) is 6.53. The molecule has 2 fully saturated rings. The third-order valence-electron chi connectivity index (χ3n) is 6.53. The third kappa shape index (κ3) is 5.49. The van der Waals surface area contributed by atoms with Crippen LogP contribution in [-0.4, -0.2) is 43.5 Å². The lowest BCUT2D eigenvalue weighted by molar-refractivity contribution is -0.117. The van der Waals surface area contributed by atoms with Crippen LogP contribution in [0, 0.1) is 0 Å². The highest BCUT2D eigenvalue weighted by Gasteiger charge is 2.24. The van der Waals surface area contributed by atoms with E-state index < -0.39 is 0 Å². The molecule has 1 atom stereocenters. The fourth-order valence-electron chi connectivity index (χ4n) is 4.75. The molecule has 0 spiro atoms. The molecule has 2 aliphatic heterocycles. The van der Waals surface area contributed by atoms with Crippen molar-refractivity contribution in [1.82, 2.24) is 4.90 Å². The highest BCUT2D eigenvalue weighted by atomic mass is 16.5. The van der Waals surface area contributed by atoms with E-state index in [4.69, 9.17) is 4.74 Å². The summed E-state index contributed by atoms with van der Waals surface area (Å²) in [5.74, 6) is 1.06. The van der Waals surface area contributed by atoms with Gasteiger partial charge in [-0.05, 0) is 67.8 Å². The number of benzene rings is 2. The molecule has 0 aliphatic carbocycles. The van der Waals surface area contributed by atoms with Gasteiger partial charge in [-0.1, -0.05) is 25.0 Å². The molecule has 0 radical (unpaired) electrons. The Hall–Kier alpha value is -2.86. The first-order valence-corrected chi connectivity index (χ1v) is 11.7. The van der Waals surface area contributed by atoms with Gasteiger partial charge in [-0.2, -0.15) is 0 Å². The van der Waals surface area contributed by atoms with Crippen LogP contribution in [0.4, 0.5) is 11.4 Å². The number of hydrogen-bond donors (Lipinski definition) is 1. The summed E-state index contributed by atoms with van der Waals surface area (Å²) in [6.45, 7) is 2.53. The van der Waals surface area contributed by atoms with Gasteiger partial charge in [0.1, 0.15) is 5.75 Å². The molecular weight excluding hydrogens is 402 g/mol. The Morgan fingerprint density at radius 3 is 2.47 bits per heavy atom. The number of likely N-dealkylation sites (tertiary alicyclic amines) is 1. The van der Waals surface area contributed by atoms with Crippen molar-refractivity contribution in [3.63, 3.8) is 0 Å². The summed E-state index contributed by atoms with van der Waals surface area (Å²) in [7, 11) is 1.69. The maximum absolute atomic E-state index is 12.6. The van der Waals surface area contributed by atoms with Gasteiger partial charge in [-0.3, -0.25) is 14.5 Å². The summed E-state index contributed by atoms with van der Waals surface area (Å²) in [6, 6.07) is 16.3. The molecule has 0 saturated carbocycles. The summed E-state index contributed by atoms with van der Waals surface area (Å²) < 4.78 is 5.30. The van der Waals surface area contributed by atoms with Crippen molar-refractivity contribution in [2.45, 2.75) is 51.0 Å². The number of ether oxygens (including phenoxy) is 1. The van der Waals surface area contributed by atoms with Crippen molar-refractivity contribution in [3.8, 4) is 5.75 Å². The lowest BCUT2D eigenvalue weighted by atomic mass is 10.0. The van der Waals surface area contributed by atoms with Crippen molar-refractivity contribution in [2.75, 3.05) is 37.0 Å². The Morgan fingerprint density at radius 1 is 1.00 bits per heavy atom. The standard InChI is InChI=1S/C26H33N3O3/c1-32-23-14-8-20(9-15-23)24-6-3-2-4-17-28(24)19-16-25(30)27-21-10-12-22(13-11-21)29-18-5-7-26(29)31/h8-15,24H,2-7,16-19H2,1H3,(H,27,30). The number of rotatable bonds is 7. The molecule has 2 amide bonds. The van der Waals surface area contributed by atoms with E-state index >= 15 is 0 Å². The molecule has 170 valence electrons. The van der Waals surface area contributed by atoms with E-state index in [0.29, 0.717) is 18.9 Å². The van der Waals surface area contributed by atoms with E-state index in [0.717, 1.165) is 49.6 Å². The Kier molecular flexibility index (Phi) is 7.43. The molecule has 1 unspecified atom stereocenters. The summed E-state index contributed by atoms with van der Waals surface area (Å²) >= 11 is 0. The monoisotopic (exact) mass is 435 g/mol. The number of nitrogens with zero attached hydrogens (tertiary/aromatic N) is 2. The zero-order valence-corrected chi connectivity index (χ0v) is 18.9. The minimum atomic E-state index is 0.0210. The van der Waals surface area contributed by atoms with Crippen LogP contribution < -0.4 is 15.0 Å². The molecule has 2 heterocycles. The molecule has 0 bridgehead atoms. The molecule has 32 heavy (non-hydrogen) atoms. The Morgan fingerprint density at radius 2 is 1.78 bits per heavy atom. The van der Waals surface area contributed by atoms with E-state index in [2.05, 4.69) is 22.3 Å². The first kappa shape index (κ1) is 22.3. The number of methoxy groups -OCH3 is 1. The van der Waals surface area contributed by atoms with E-state index in [9.17, 15) is 9.59 Å². The van der Waals surface area contributed by atoms with Crippen LogP contribution in [0.25, 0.3) is 0 Å². The normalized spacial score (nSPS) is 19.6. The zero-order chi connectivity index (χ0) is 22.3. The molecule has 2 aromatic carbocycles. The van der Waals surface area contributed by atoms with Crippen molar-refractivity contribution in [1.29, 1.82) is 0 Å². The second kappa shape index (κ2) is 10.6. The van der Waals surface area contributed by atoms with Crippen LogP contribution in [0.3, 0.4) is 0 Å². The van der Waals surface area contributed by atoms with E-state index in [1.165, 1.54) is 24.8 Å². The maximum Gasteiger partial charge on any atom is 0.227 e. The minimum Gasteiger partial charge on any atom is -0.497 e. The van der Waals surface area contributed by atoms with Crippen LogP contribution in [0.5, 0.6) is 5.75 Å². The average Bonchev–Trinajstić information content (AvgIpc) is 3.11. The van der Waals surface area contributed by atoms with Crippen LogP contribution >= 0.6 is 0 Å². The van der Waals surface area contributed by atoms with E-state index in [-0.39, 0.29) is 11.8 Å². The van der Waals surface area contributed by atoms with Gasteiger partial charge in [-0.25, -0.2) is 0 Å². The minimum absolute atomic E-state index is 0.0210. The van der Waals surface area contributed by atoms with Crippen molar-refractivity contribution in [2.24, 2.45) is 0 Å². The quantitative estimate of drug-likeness (QED) is 0.681. The predicted molar refractivity (Wildman–Crippen MR) is 127 cm³/mol. The lowest BCUT2D eigenvalue weighted by Gasteiger charge is -2.30. The first-order chi connectivity index (χ1) is 15.6. The Bertz CT molecular complexity index is 911. The van der Waals surface area contributed by atoms with Gasteiger partial charge in [0.05, 0.1) is 7.11 Å². The van der Waals surface area contributed by atoms with Crippen LogP contribution in [0.1, 0.15) is 56.6 Å². The molecule has 2 aliphatic rings. The van der Waals surface area contributed by atoms with Crippen LogP contribution in [0.2, 0.25) is 0 Å². The lowest BCUT2D eigenvalue weighted by Crippen LogP contribution is -2.31. The predicted octanol–water partition coefficient (Wildman–Crippen LogP) is 4.77. The van der Waals surface area contributed by atoms with Gasteiger partial charge in [0.15, 0.2) is 0 Å². The van der Waals surface area contributed by atoms with Crippen LogP contribution in [0.15, 0.2) is 48.5 Å². The number of amides is 2. The van der Waals surface area contributed by atoms with E-state index in [1.54, 1.807) is 7.11 Å². The molecule has 6 heteroatoms. The highest BCUT2D eigenvalue weighted by Crippen LogP contribution is 2.31. The van der Waals surface area contributed by atoms with Crippen LogP contribution in [-0.2, 0) is 9.59 Å². The van der Waals surface area contributed by atoms with Gasteiger partial charge in [0.2, 0.25) is 11.8 Å². The Labute approximate surface area is 190 Å². The summed E-state index contributed by atoms with van der Waals surface area (Å²) in [5, 5.41) is 3.01. The molecule has 2 saturated heterocycles. The second-order valence-corrected chi connectivity index (χ2v) is 8.67. The Balaban J connectivity index is 1.33.